The summed E-state index contributed by atoms with van der Waals surface area (Å²) in [6, 6.07) is 12.0. The number of nitrogens with one attached hydrogen (secondary N) is 3. The highest BCUT2D eigenvalue weighted by Gasteiger charge is 2.27. The molecule has 1 aromatic heterocycles. The lowest BCUT2D eigenvalue weighted by Gasteiger charge is -2.23. The van der Waals surface area contributed by atoms with Gasteiger partial charge in [-0.3, -0.25) is 10.1 Å². The van der Waals surface area contributed by atoms with Crippen LogP contribution in [0.3, 0.4) is 0 Å². The van der Waals surface area contributed by atoms with E-state index in [0.29, 0.717) is 22.2 Å². The van der Waals surface area contributed by atoms with Crippen LogP contribution in [0, 0.1) is 18.7 Å². The number of carbonyl (C=O) groups excluding carboxylic acids is 2. The van der Waals surface area contributed by atoms with Crippen molar-refractivity contribution < 1.29 is 14.0 Å². The zero-order valence-electron chi connectivity index (χ0n) is 17.5. The summed E-state index contributed by atoms with van der Waals surface area (Å²) in [4.78, 5) is 25.2. The van der Waals surface area contributed by atoms with Gasteiger partial charge in [-0.15, -0.1) is 10.2 Å². The van der Waals surface area contributed by atoms with E-state index in [1.54, 1.807) is 6.07 Å². The summed E-state index contributed by atoms with van der Waals surface area (Å²) in [6.07, 6.45) is 0.670. The Kier molecular flexibility index (Phi) is 7.30. The number of hydrogen-bond donors (Lipinski definition) is 3. The van der Waals surface area contributed by atoms with Crippen molar-refractivity contribution in [2.24, 2.45) is 5.92 Å². The lowest BCUT2D eigenvalue weighted by Crippen LogP contribution is -2.49. The molecule has 0 fully saturated rings. The maximum absolute atomic E-state index is 13.3. The molecule has 3 rings (SSSR count). The van der Waals surface area contributed by atoms with Gasteiger partial charge in [0.2, 0.25) is 11.0 Å². The second-order valence-corrected chi connectivity index (χ2v) is 8.22. The van der Waals surface area contributed by atoms with Crippen LogP contribution >= 0.6 is 11.3 Å². The third-order valence-corrected chi connectivity index (χ3v) is 5.71. The predicted molar refractivity (Wildman–Crippen MR) is 121 cm³/mol. The molecule has 2 unspecified atom stereocenters. The highest BCUT2D eigenvalue weighted by molar-refractivity contribution is 7.18. The van der Waals surface area contributed by atoms with Crippen LogP contribution in [0.5, 0.6) is 0 Å². The molecule has 0 saturated carbocycles. The molecule has 2 atom stereocenters. The van der Waals surface area contributed by atoms with Gasteiger partial charge in [0.25, 0.3) is 0 Å². The number of urea groups is 1. The van der Waals surface area contributed by atoms with E-state index < -0.39 is 23.8 Å². The summed E-state index contributed by atoms with van der Waals surface area (Å²) < 4.78 is 13.3. The van der Waals surface area contributed by atoms with E-state index in [0.717, 1.165) is 11.1 Å². The van der Waals surface area contributed by atoms with Crippen molar-refractivity contribution in [3.05, 3.63) is 59.9 Å². The first-order valence-corrected chi connectivity index (χ1v) is 10.7. The first kappa shape index (κ1) is 22.4. The Hall–Kier alpha value is -3.33. The van der Waals surface area contributed by atoms with Gasteiger partial charge in [0, 0.05) is 11.3 Å². The smallest absolute Gasteiger partial charge is 0.319 e. The number of benzene rings is 2. The SMILES string of the molecule is CCC(C)C(NC(=O)Nc1cccc(F)c1)C(=O)Nc1nnc(-c2ccc(C)cc2)s1. The third-order valence-electron chi connectivity index (χ3n) is 4.82. The topological polar surface area (TPSA) is 96.0 Å². The van der Waals surface area contributed by atoms with E-state index in [1.165, 1.54) is 29.5 Å². The number of aryl methyl sites for hydroxylation is 1. The largest absolute Gasteiger partial charge is 0.326 e. The predicted octanol–water partition coefficient (Wildman–Crippen LogP) is 4.83. The molecular formula is C22H24FN5O2S. The van der Waals surface area contributed by atoms with Crippen molar-refractivity contribution in [1.29, 1.82) is 0 Å². The van der Waals surface area contributed by atoms with E-state index in [2.05, 4.69) is 26.1 Å². The van der Waals surface area contributed by atoms with Gasteiger partial charge in [-0.1, -0.05) is 67.5 Å². The van der Waals surface area contributed by atoms with E-state index in [1.807, 2.05) is 45.0 Å². The number of anilines is 2. The molecule has 3 amide bonds. The highest BCUT2D eigenvalue weighted by atomic mass is 32.1. The summed E-state index contributed by atoms with van der Waals surface area (Å²) in [5.74, 6) is -0.993. The summed E-state index contributed by atoms with van der Waals surface area (Å²) >= 11 is 1.26. The minimum atomic E-state index is -0.801. The first-order valence-electron chi connectivity index (χ1n) is 9.90. The van der Waals surface area contributed by atoms with Gasteiger partial charge in [0.1, 0.15) is 16.9 Å². The van der Waals surface area contributed by atoms with Crippen LogP contribution in [-0.4, -0.2) is 28.2 Å². The molecular weight excluding hydrogens is 417 g/mol. The second kappa shape index (κ2) is 10.1. The van der Waals surface area contributed by atoms with Gasteiger partial charge in [-0.25, -0.2) is 9.18 Å². The molecule has 0 spiro atoms. The Balaban J connectivity index is 1.67. The Labute approximate surface area is 184 Å². The van der Waals surface area contributed by atoms with Gasteiger partial charge in [-0.2, -0.15) is 0 Å². The molecule has 31 heavy (non-hydrogen) atoms. The normalized spacial score (nSPS) is 12.6. The van der Waals surface area contributed by atoms with Crippen molar-refractivity contribution in [3.8, 4) is 10.6 Å². The number of carbonyl (C=O) groups is 2. The minimum Gasteiger partial charge on any atom is -0.326 e. The Bertz CT molecular complexity index is 1050. The van der Waals surface area contributed by atoms with Crippen molar-refractivity contribution >= 4 is 34.1 Å². The van der Waals surface area contributed by atoms with Crippen molar-refractivity contribution in [2.75, 3.05) is 10.6 Å². The van der Waals surface area contributed by atoms with Crippen LogP contribution < -0.4 is 16.0 Å². The summed E-state index contributed by atoms with van der Waals surface area (Å²) in [5.41, 5.74) is 2.35. The van der Waals surface area contributed by atoms with Crippen LogP contribution in [0.25, 0.3) is 10.6 Å². The van der Waals surface area contributed by atoms with Crippen LogP contribution in [0.1, 0.15) is 25.8 Å². The zero-order chi connectivity index (χ0) is 22.4. The van der Waals surface area contributed by atoms with E-state index in [-0.39, 0.29) is 5.92 Å². The second-order valence-electron chi connectivity index (χ2n) is 7.24. The molecule has 0 bridgehead atoms. The van der Waals surface area contributed by atoms with Crippen LogP contribution in [0.15, 0.2) is 48.5 Å². The monoisotopic (exact) mass is 441 g/mol. The molecule has 3 N–H and O–H groups in total. The molecule has 1 heterocycles. The van der Waals surface area contributed by atoms with Gasteiger partial charge < -0.3 is 10.6 Å². The number of aromatic nitrogens is 2. The maximum atomic E-state index is 13.3. The quantitative estimate of drug-likeness (QED) is 0.489. The van der Waals surface area contributed by atoms with E-state index >= 15 is 0 Å². The van der Waals surface area contributed by atoms with E-state index in [4.69, 9.17) is 0 Å². The van der Waals surface area contributed by atoms with Crippen molar-refractivity contribution in [3.63, 3.8) is 0 Å². The highest BCUT2D eigenvalue weighted by Crippen LogP contribution is 2.26. The molecule has 0 saturated heterocycles. The molecule has 3 aromatic rings. The van der Waals surface area contributed by atoms with E-state index in [9.17, 15) is 14.0 Å². The maximum Gasteiger partial charge on any atom is 0.319 e. The first-order chi connectivity index (χ1) is 14.9. The third kappa shape index (κ3) is 6.08. The van der Waals surface area contributed by atoms with Gasteiger partial charge in [0.15, 0.2) is 0 Å². The molecule has 0 aliphatic carbocycles. The fourth-order valence-electron chi connectivity index (χ4n) is 2.85. The molecule has 7 nitrogen and oxygen atoms in total. The zero-order valence-corrected chi connectivity index (χ0v) is 18.3. The average molecular weight is 442 g/mol. The average Bonchev–Trinajstić information content (AvgIpc) is 3.20. The number of halogens is 1. The fourth-order valence-corrected chi connectivity index (χ4v) is 3.60. The molecule has 0 aliphatic heterocycles. The van der Waals surface area contributed by atoms with Crippen molar-refractivity contribution in [1.82, 2.24) is 15.5 Å². The number of amides is 3. The Morgan fingerprint density at radius 1 is 1.10 bits per heavy atom. The van der Waals surface area contributed by atoms with Crippen LogP contribution in [-0.2, 0) is 4.79 Å². The van der Waals surface area contributed by atoms with Gasteiger partial charge >= 0.3 is 6.03 Å². The van der Waals surface area contributed by atoms with Gasteiger partial charge in [0.05, 0.1) is 0 Å². The lowest BCUT2D eigenvalue weighted by molar-refractivity contribution is -0.119. The Morgan fingerprint density at radius 3 is 2.52 bits per heavy atom. The number of rotatable bonds is 7. The minimum absolute atomic E-state index is 0.136. The lowest BCUT2D eigenvalue weighted by atomic mass is 9.98. The molecule has 162 valence electrons. The van der Waals surface area contributed by atoms with Crippen LogP contribution in [0.4, 0.5) is 20.0 Å². The summed E-state index contributed by atoms with van der Waals surface area (Å²) in [6.45, 7) is 5.80. The van der Waals surface area contributed by atoms with Crippen molar-refractivity contribution in [2.45, 2.75) is 33.2 Å². The standard InChI is InChI=1S/C22H24FN5O2S/c1-4-14(3)18(25-21(30)24-17-7-5-6-16(23)12-17)19(29)26-22-28-27-20(31-22)15-10-8-13(2)9-11-15/h5-12,14,18H,4H2,1-3H3,(H2,24,25,30)(H,26,28,29). The van der Waals surface area contributed by atoms with Crippen LogP contribution in [0.2, 0.25) is 0 Å². The molecule has 9 heteroatoms. The Morgan fingerprint density at radius 2 is 1.84 bits per heavy atom. The molecule has 0 aliphatic rings. The number of hydrogen-bond acceptors (Lipinski definition) is 5. The molecule has 2 aromatic carbocycles. The number of nitrogens with zero attached hydrogens (tertiary/aromatic N) is 2. The fraction of sp³-hybridized carbons (Fsp3) is 0.273. The summed E-state index contributed by atoms with van der Waals surface area (Å²) in [5, 5.41) is 17.2. The van der Waals surface area contributed by atoms with Gasteiger partial charge in [-0.05, 0) is 31.0 Å². The molecule has 0 radical (unpaired) electrons. The summed E-state index contributed by atoms with van der Waals surface area (Å²) in [7, 11) is 0.